The summed E-state index contributed by atoms with van der Waals surface area (Å²) in [6, 6.07) is 0.107. The van der Waals surface area contributed by atoms with E-state index >= 15 is 0 Å². The molecule has 2 aromatic rings. The van der Waals surface area contributed by atoms with Gasteiger partial charge in [-0.2, -0.15) is 15.1 Å². The normalized spacial score (nSPS) is 21.1. The SMILES string of the molecule is C#CCOCCOCCOCCOCCO/N=C1\CCC(Nc2nc(Cl)nc3c2cnn3C2CCC(COCP(O)O)O2)C1. The number of nitrogens with zero attached hydrogens (tertiary/aromatic N) is 5. The number of rotatable bonds is 21. The number of anilines is 1. The van der Waals surface area contributed by atoms with Crippen molar-refractivity contribution in [3.05, 3.63) is 11.5 Å². The molecule has 17 heteroatoms. The number of hydrogen-bond acceptors (Lipinski definition) is 14. The monoisotopic (exact) mass is 658 g/mol. The van der Waals surface area contributed by atoms with Gasteiger partial charge in [-0.15, -0.1) is 6.42 Å². The minimum Gasteiger partial charge on any atom is -0.393 e. The fourth-order valence-corrected chi connectivity index (χ4v) is 5.16. The molecule has 0 spiro atoms. The quantitative estimate of drug-likeness (QED) is 0.0587. The summed E-state index contributed by atoms with van der Waals surface area (Å²) < 4.78 is 34.5. The molecule has 2 aliphatic rings. The average molecular weight is 659 g/mol. The van der Waals surface area contributed by atoms with Crippen molar-refractivity contribution in [2.24, 2.45) is 5.16 Å². The second-order valence-electron chi connectivity index (χ2n) is 10.00. The van der Waals surface area contributed by atoms with Crippen LogP contribution in [0.25, 0.3) is 11.0 Å². The summed E-state index contributed by atoms with van der Waals surface area (Å²) in [6.07, 6.45) is 10.0. The lowest BCUT2D eigenvalue weighted by Crippen LogP contribution is -2.18. The van der Waals surface area contributed by atoms with E-state index in [1.54, 1.807) is 10.9 Å². The molecule has 3 unspecified atom stereocenters. The Balaban J connectivity index is 1.12. The molecular weight excluding hydrogens is 619 g/mol. The molecular formula is C27H40ClN6O9P. The van der Waals surface area contributed by atoms with Crippen molar-refractivity contribution in [3.8, 4) is 12.3 Å². The highest BCUT2D eigenvalue weighted by atomic mass is 35.5. The van der Waals surface area contributed by atoms with Gasteiger partial charge in [0.1, 0.15) is 25.4 Å². The van der Waals surface area contributed by atoms with Crippen LogP contribution in [0.4, 0.5) is 5.82 Å². The molecule has 0 aromatic carbocycles. The molecule has 1 aliphatic heterocycles. The van der Waals surface area contributed by atoms with Gasteiger partial charge < -0.3 is 48.4 Å². The fourth-order valence-electron chi connectivity index (χ4n) is 4.73. The van der Waals surface area contributed by atoms with E-state index in [-0.39, 0.29) is 36.6 Å². The number of terminal acetylenes is 1. The summed E-state index contributed by atoms with van der Waals surface area (Å²) in [5.74, 6) is 3.00. The van der Waals surface area contributed by atoms with Crippen LogP contribution in [0.15, 0.2) is 11.4 Å². The predicted molar refractivity (Wildman–Crippen MR) is 162 cm³/mol. The van der Waals surface area contributed by atoms with Crippen LogP contribution < -0.4 is 5.32 Å². The van der Waals surface area contributed by atoms with Crippen molar-refractivity contribution < 1.29 is 43.0 Å². The van der Waals surface area contributed by atoms with Gasteiger partial charge in [0.2, 0.25) is 5.28 Å². The minimum atomic E-state index is -2.08. The summed E-state index contributed by atoms with van der Waals surface area (Å²) in [6.45, 7) is 4.19. The Labute approximate surface area is 262 Å². The molecule has 2 aromatic heterocycles. The second kappa shape index (κ2) is 19.3. The van der Waals surface area contributed by atoms with Gasteiger partial charge in [0, 0.05) is 12.5 Å². The van der Waals surface area contributed by atoms with E-state index in [9.17, 15) is 0 Å². The standard InChI is InChI=1S/C27H40ClN6O9P/c1-2-7-37-8-9-38-10-11-39-12-13-40-14-15-42-33-21-4-3-20(16-21)30-25-23-17-29-34(26(23)32-27(28)31-25)24-6-5-22(43-24)18-41-19-44(35)36/h1,17,20,22,24,35-36H,3-16,18-19H2,(H,30,31,32)/b33-21+. The van der Waals surface area contributed by atoms with Crippen molar-refractivity contribution in [1.29, 1.82) is 0 Å². The van der Waals surface area contributed by atoms with E-state index in [4.69, 9.17) is 61.1 Å². The molecule has 1 aliphatic carbocycles. The van der Waals surface area contributed by atoms with Crippen molar-refractivity contribution in [3.63, 3.8) is 0 Å². The van der Waals surface area contributed by atoms with Crippen molar-refractivity contribution in [1.82, 2.24) is 19.7 Å². The predicted octanol–water partition coefficient (Wildman–Crippen LogP) is 2.46. The number of nitrogens with one attached hydrogen (secondary N) is 1. The maximum Gasteiger partial charge on any atom is 0.226 e. The van der Waals surface area contributed by atoms with Gasteiger partial charge in [-0.05, 0) is 37.3 Å². The Bertz CT molecular complexity index is 1220. The maximum absolute atomic E-state index is 9.02. The summed E-state index contributed by atoms with van der Waals surface area (Å²) in [5.41, 5.74) is 1.54. The number of oxime groups is 1. The number of halogens is 1. The van der Waals surface area contributed by atoms with E-state index in [1.165, 1.54) is 0 Å². The Morgan fingerprint density at radius 3 is 2.48 bits per heavy atom. The molecule has 0 radical (unpaired) electrons. The summed E-state index contributed by atoms with van der Waals surface area (Å²) >= 11 is 6.29. The number of aromatic nitrogens is 4. The van der Waals surface area contributed by atoms with E-state index in [2.05, 4.69) is 31.5 Å². The first-order valence-electron chi connectivity index (χ1n) is 14.5. The Morgan fingerprint density at radius 2 is 1.75 bits per heavy atom. The molecule has 0 amide bonds. The lowest BCUT2D eigenvalue weighted by Gasteiger charge is -2.16. The third-order valence-corrected chi connectivity index (χ3v) is 7.30. The first-order valence-corrected chi connectivity index (χ1v) is 16.3. The smallest absolute Gasteiger partial charge is 0.226 e. The zero-order valence-electron chi connectivity index (χ0n) is 24.5. The van der Waals surface area contributed by atoms with Gasteiger partial charge in [0.15, 0.2) is 20.3 Å². The first kappa shape index (κ1) is 34.6. The largest absolute Gasteiger partial charge is 0.393 e. The Hall–Kier alpha value is -2.22. The number of ether oxygens (including phenoxy) is 6. The fraction of sp³-hybridized carbons (Fsp3) is 0.704. The summed E-state index contributed by atoms with van der Waals surface area (Å²) in [7, 11) is -2.08. The Kier molecular flexibility index (Phi) is 15.2. The van der Waals surface area contributed by atoms with Crippen LogP contribution in [-0.4, -0.2) is 120 Å². The summed E-state index contributed by atoms with van der Waals surface area (Å²) in [5, 5.41) is 13.1. The zero-order valence-corrected chi connectivity index (χ0v) is 26.2. The van der Waals surface area contributed by atoms with E-state index in [1.807, 2.05) is 0 Å². The molecule has 3 heterocycles. The highest BCUT2D eigenvalue weighted by Gasteiger charge is 2.30. The lowest BCUT2D eigenvalue weighted by molar-refractivity contribution is -0.0384. The van der Waals surface area contributed by atoms with Gasteiger partial charge in [-0.25, -0.2) is 4.68 Å². The van der Waals surface area contributed by atoms with Crippen LogP contribution in [0.5, 0.6) is 0 Å². The van der Waals surface area contributed by atoms with Gasteiger partial charge in [-0.3, -0.25) is 0 Å². The van der Waals surface area contributed by atoms with Crippen molar-refractivity contribution >= 4 is 42.5 Å². The van der Waals surface area contributed by atoms with E-state index in [0.717, 1.165) is 30.4 Å². The average Bonchev–Trinajstić information content (AvgIpc) is 3.75. The highest BCUT2D eigenvalue weighted by Crippen LogP contribution is 2.33. The van der Waals surface area contributed by atoms with Gasteiger partial charge >= 0.3 is 0 Å². The molecule has 4 rings (SSSR count). The van der Waals surface area contributed by atoms with E-state index in [0.29, 0.717) is 83.8 Å². The van der Waals surface area contributed by atoms with Crippen LogP contribution in [0.2, 0.25) is 5.28 Å². The third kappa shape index (κ3) is 11.6. The van der Waals surface area contributed by atoms with Gasteiger partial charge in [0.05, 0.1) is 76.3 Å². The molecule has 0 bridgehead atoms. The Morgan fingerprint density at radius 1 is 1.02 bits per heavy atom. The maximum atomic E-state index is 9.02. The van der Waals surface area contributed by atoms with Crippen LogP contribution in [-0.2, 0) is 33.3 Å². The highest BCUT2D eigenvalue weighted by molar-refractivity contribution is 7.44. The molecule has 15 nitrogen and oxygen atoms in total. The first-order chi connectivity index (χ1) is 21.5. The molecule has 2 fully saturated rings. The summed E-state index contributed by atoms with van der Waals surface area (Å²) in [4.78, 5) is 32.3. The minimum absolute atomic E-state index is 0.100. The van der Waals surface area contributed by atoms with E-state index < -0.39 is 8.38 Å². The van der Waals surface area contributed by atoms with Crippen molar-refractivity contribution in [2.45, 2.75) is 50.5 Å². The zero-order chi connectivity index (χ0) is 31.0. The molecule has 1 saturated carbocycles. The van der Waals surface area contributed by atoms with Gasteiger partial charge in [-0.1, -0.05) is 11.1 Å². The van der Waals surface area contributed by atoms with Crippen LogP contribution >= 0.6 is 20.0 Å². The number of hydrogen-bond donors (Lipinski definition) is 3. The third-order valence-electron chi connectivity index (χ3n) is 6.71. The molecule has 44 heavy (non-hydrogen) atoms. The van der Waals surface area contributed by atoms with Gasteiger partial charge in [0.25, 0.3) is 0 Å². The van der Waals surface area contributed by atoms with Crippen LogP contribution in [0.1, 0.15) is 38.3 Å². The molecule has 3 N–H and O–H groups in total. The van der Waals surface area contributed by atoms with Crippen molar-refractivity contribution in [2.75, 3.05) is 77.7 Å². The van der Waals surface area contributed by atoms with Crippen LogP contribution in [0.3, 0.4) is 0 Å². The topological polar surface area (TPSA) is 173 Å². The number of fused-ring (bicyclic) bond motifs is 1. The lowest BCUT2D eigenvalue weighted by atomic mass is 10.2. The van der Waals surface area contributed by atoms with Crippen LogP contribution in [0, 0.1) is 12.3 Å². The second-order valence-corrected chi connectivity index (χ2v) is 11.3. The molecule has 1 saturated heterocycles. The molecule has 244 valence electrons. The molecule has 3 atom stereocenters.